The van der Waals surface area contributed by atoms with E-state index in [1.807, 2.05) is 55.5 Å². The van der Waals surface area contributed by atoms with Crippen LogP contribution in [0, 0.1) is 0 Å². The third-order valence-electron chi connectivity index (χ3n) is 4.20. The van der Waals surface area contributed by atoms with Gasteiger partial charge in [-0.05, 0) is 52.7 Å². The van der Waals surface area contributed by atoms with Gasteiger partial charge in [-0.15, -0.1) is 0 Å². The number of rotatable bonds is 7. The summed E-state index contributed by atoms with van der Waals surface area (Å²) in [6.45, 7) is 2.29. The number of pyridine rings is 1. The van der Waals surface area contributed by atoms with E-state index in [-0.39, 0.29) is 11.9 Å². The van der Waals surface area contributed by atoms with Crippen LogP contribution in [-0.2, 0) is 6.61 Å². The van der Waals surface area contributed by atoms with Crippen molar-refractivity contribution in [1.82, 2.24) is 10.3 Å². The molecule has 0 fully saturated rings. The Kier molecular flexibility index (Phi) is 6.66. The Morgan fingerprint density at radius 3 is 2.57 bits per heavy atom. The molecule has 144 valence electrons. The van der Waals surface area contributed by atoms with Crippen LogP contribution in [0.5, 0.6) is 11.5 Å². The average molecular weight is 441 g/mol. The maximum Gasteiger partial charge on any atom is 0.251 e. The number of hydrogen-bond donors (Lipinski definition) is 1. The van der Waals surface area contributed by atoms with E-state index in [1.54, 1.807) is 25.4 Å². The van der Waals surface area contributed by atoms with Crippen molar-refractivity contribution < 1.29 is 14.3 Å². The standard InChI is InChI=1S/C22H21BrN2O3/c1-15(19-10-6-7-11-24-19)25-22(26)17-12-18(23)21(20(13-17)27-2)28-14-16-8-4-3-5-9-16/h3-13,15H,14H2,1-2H3,(H,25,26). The minimum atomic E-state index is -0.216. The third-order valence-corrected chi connectivity index (χ3v) is 4.79. The van der Waals surface area contributed by atoms with Crippen molar-refractivity contribution in [3.8, 4) is 11.5 Å². The maximum absolute atomic E-state index is 12.7. The van der Waals surface area contributed by atoms with Gasteiger partial charge in [0.15, 0.2) is 11.5 Å². The highest BCUT2D eigenvalue weighted by molar-refractivity contribution is 9.10. The first-order chi connectivity index (χ1) is 13.6. The minimum Gasteiger partial charge on any atom is -0.493 e. The predicted octanol–water partition coefficient (Wildman–Crippen LogP) is 4.92. The molecule has 3 rings (SSSR count). The highest BCUT2D eigenvalue weighted by Crippen LogP contribution is 2.37. The van der Waals surface area contributed by atoms with E-state index < -0.39 is 0 Å². The monoisotopic (exact) mass is 440 g/mol. The van der Waals surface area contributed by atoms with Crippen LogP contribution in [0.3, 0.4) is 0 Å². The lowest BCUT2D eigenvalue weighted by atomic mass is 10.1. The molecule has 0 aliphatic heterocycles. The zero-order chi connectivity index (χ0) is 19.9. The Labute approximate surface area is 172 Å². The smallest absolute Gasteiger partial charge is 0.251 e. The first-order valence-electron chi connectivity index (χ1n) is 8.84. The number of aromatic nitrogens is 1. The second kappa shape index (κ2) is 9.37. The number of methoxy groups -OCH3 is 1. The molecule has 28 heavy (non-hydrogen) atoms. The molecule has 0 radical (unpaired) electrons. The number of ether oxygens (including phenoxy) is 2. The summed E-state index contributed by atoms with van der Waals surface area (Å²) in [5, 5.41) is 2.95. The van der Waals surface area contributed by atoms with E-state index in [0.717, 1.165) is 11.3 Å². The van der Waals surface area contributed by atoms with Gasteiger partial charge in [0.25, 0.3) is 5.91 Å². The molecule has 0 bridgehead atoms. The zero-order valence-corrected chi connectivity index (χ0v) is 17.3. The molecule has 1 heterocycles. The summed E-state index contributed by atoms with van der Waals surface area (Å²) < 4.78 is 12.0. The van der Waals surface area contributed by atoms with Gasteiger partial charge in [0.1, 0.15) is 6.61 Å². The topological polar surface area (TPSA) is 60.5 Å². The number of carbonyl (C=O) groups excluding carboxylic acids is 1. The summed E-state index contributed by atoms with van der Waals surface area (Å²) >= 11 is 3.49. The number of nitrogens with zero attached hydrogens (tertiary/aromatic N) is 1. The first-order valence-corrected chi connectivity index (χ1v) is 9.64. The van der Waals surface area contributed by atoms with Crippen molar-refractivity contribution in [3.63, 3.8) is 0 Å². The molecule has 0 saturated carbocycles. The van der Waals surface area contributed by atoms with E-state index >= 15 is 0 Å². The van der Waals surface area contributed by atoms with Gasteiger partial charge in [-0.1, -0.05) is 36.4 Å². The maximum atomic E-state index is 12.7. The van der Waals surface area contributed by atoms with Gasteiger partial charge in [-0.2, -0.15) is 0 Å². The minimum absolute atomic E-state index is 0.215. The molecule has 1 unspecified atom stereocenters. The highest BCUT2D eigenvalue weighted by Gasteiger charge is 2.18. The van der Waals surface area contributed by atoms with Crippen LogP contribution in [0.25, 0.3) is 0 Å². The van der Waals surface area contributed by atoms with Gasteiger partial charge < -0.3 is 14.8 Å². The lowest BCUT2D eigenvalue weighted by Crippen LogP contribution is -2.27. The molecule has 0 saturated heterocycles. The number of carbonyl (C=O) groups is 1. The molecule has 1 aromatic heterocycles. The van der Waals surface area contributed by atoms with E-state index in [0.29, 0.717) is 28.1 Å². The number of halogens is 1. The van der Waals surface area contributed by atoms with Crippen LogP contribution in [0.15, 0.2) is 71.3 Å². The number of benzene rings is 2. The van der Waals surface area contributed by atoms with Crippen LogP contribution in [-0.4, -0.2) is 18.0 Å². The predicted molar refractivity (Wildman–Crippen MR) is 112 cm³/mol. The first kappa shape index (κ1) is 19.9. The second-order valence-corrected chi connectivity index (χ2v) is 7.07. The fourth-order valence-electron chi connectivity index (χ4n) is 2.71. The molecule has 1 atom stereocenters. The lowest BCUT2D eigenvalue weighted by Gasteiger charge is -2.16. The second-order valence-electron chi connectivity index (χ2n) is 6.21. The van der Waals surface area contributed by atoms with E-state index in [1.165, 1.54) is 0 Å². The van der Waals surface area contributed by atoms with E-state index in [4.69, 9.17) is 9.47 Å². The van der Waals surface area contributed by atoms with Gasteiger partial charge in [-0.3, -0.25) is 9.78 Å². The molecular weight excluding hydrogens is 420 g/mol. The van der Waals surface area contributed by atoms with Crippen molar-refractivity contribution in [3.05, 3.63) is 88.2 Å². The molecule has 1 N–H and O–H groups in total. The van der Waals surface area contributed by atoms with Crippen LogP contribution in [0.1, 0.15) is 34.6 Å². The Hall–Kier alpha value is -2.86. The number of nitrogens with one attached hydrogen (secondary N) is 1. The number of hydrogen-bond acceptors (Lipinski definition) is 4. The summed E-state index contributed by atoms with van der Waals surface area (Å²) in [6.07, 6.45) is 1.70. The largest absolute Gasteiger partial charge is 0.493 e. The SMILES string of the molecule is COc1cc(C(=O)NC(C)c2ccccn2)cc(Br)c1OCc1ccccc1. The average Bonchev–Trinajstić information content (AvgIpc) is 2.73. The fourth-order valence-corrected chi connectivity index (χ4v) is 3.26. The van der Waals surface area contributed by atoms with Gasteiger partial charge >= 0.3 is 0 Å². The summed E-state index contributed by atoms with van der Waals surface area (Å²) in [6, 6.07) is 18.6. The Morgan fingerprint density at radius 2 is 1.89 bits per heavy atom. The molecule has 0 aliphatic rings. The molecule has 5 nitrogen and oxygen atoms in total. The quantitative estimate of drug-likeness (QED) is 0.565. The Balaban J connectivity index is 1.75. The zero-order valence-electron chi connectivity index (χ0n) is 15.7. The normalized spacial score (nSPS) is 11.5. The van der Waals surface area contributed by atoms with Crippen molar-refractivity contribution in [2.75, 3.05) is 7.11 Å². The lowest BCUT2D eigenvalue weighted by molar-refractivity contribution is 0.0938. The Morgan fingerprint density at radius 1 is 1.14 bits per heavy atom. The summed E-state index contributed by atoms with van der Waals surface area (Å²) in [7, 11) is 1.55. The van der Waals surface area contributed by atoms with Crippen LogP contribution >= 0.6 is 15.9 Å². The van der Waals surface area contributed by atoms with Gasteiger partial charge in [0.05, 0.1) is 23.3 Å². The summed E-state index contributed by atoms with van der Waals surface area (Å²) in [4.78, 5) is 17.0. The van der Waals surface area contributed by atoms with Gasteiger partial charge in [-0.25, -0.2) is 0 Å². The molecule has 3 aromatic rings. The van der Waals surface area contributed by atoms with Crippen LogP contribution in [0.2, 0.25) is 0 Å². The van der Waals surface area contributed by atoms with Crippen molar-refractivity contribution in [2.24, 2.45) is 0 Å². The van der Waals surface area contributed by atoms with Crippen molar-refractivity contribution >= 4 is 21.8 Å². The van der Waals surface area contributed by atoms with Gasteiger partial charge in [0, 0.05) is 11.8 Å². The number of amides is 1. The molecule has 1 amide bonds. The summed E-state index contributed by atoms with van der Waals surface area (Å²) in [5.74, 6) is 0.827. The van der Waals surface area contributed by atoms with Crippen molar-refractivity contribution in [2.45, 2.75) is 19.6 Å². The molecule has 0 aliphatic carbocycles. The fraction of sp³-hybridized carbons (Fsp3) is 0.182. The highest BCUT2D eigenvalue weighted by atomic mass is 79.9. The van der Waals surface area contributed by atoms with Crippen LogP contribution in [0.4, 0.5) is 0 Å². The molecule has 2 aromatic carbocycles. The summed E-state index contributed by atoms with van der Waals surface area (Å²) in [5.41, 5.74) is 2.31. The molecule has 6 heteroatoms. The Bertz CT molecular complexity index is 933. The molecule has 0 spiro atoms. The van der Waals surface area contributed by atoms with Crippen molar-refractivity contribution in [1.29, 1.82) is 0 Å². The van der Waals surface area contributed by atoms with Crippen LogP contribution < -0.4 is 14.8 Å². The third kappa shape index (κ3) is 4.89. The van der Waals surface area contributed by atoms with Gasteiger partial charge in [0.2, 0.25) is 0 Å². The van der Waals surface area contributed by atoms with E-state index in [9.17, 15) is 4.79 Å². The molecular formula is C22H21BrN2O3. The van der Waals surface area contributed by atoms with E-state index in [2.05, 4.69) is 26.2 Å².